The van der Waals surface area contributed by atoms with Crippen LogP contribution in [-0.4, -0.2) is 22.4 Å². The molecule has 0 saturated heterocycles. The van der Waals surface area contributed by atoms with Gasteiger partial charge in [0.05, 0.1) is 6.07 Å². The van der Waals surface area contributed by atoms with E-state index < -0.39 is 5.54 Å². The highest BCUT2D eigenvalue weighted by Crippen LogP contribution is 2.34. The van der Waals surface area contributed by atoms with Crippen LogP contribution in [0.3, 0.4) is 0 Å². The van der Waals surface area contributed by atoms with Gasteiger partial charge in [0.25, 0.3) is 5.91 Å². The SMILES string of the molecule is Cc1cc(C(=O)N(C2CC2)C(C)(C)C#N)ccc1F. The zero-order chi connectivity index (χ0) is 14.2. The van der Waals surface area contributed by atoms with E-state index in [2.05, 4.69) is 6.07 Å². The number of carbonyl (C=O) groups excluding carboxylic acids is 1. The van der Waals surface area contributed by atoms with Gasteiger partial charge in [-0.2, -0.15) is 5.26 Å². The van der Waals surface area contributed by atoms with Gasteiger partial charge in [-0.1, -0.05) is 0 Å². The number of nitrogens with zero attached hydrogens (tertiary/aromatic N) is 2. The largest absolute Gasteiger partial charge is 0.317 e. The molecule has 0 bridgehead atoms. The first-order valence-electron chi connectivity index (χ1n) is 6.38. The van der Waals surface area contributed by atoms with Gasteiger partial charge in [0, 0.05) is 11.6 Å². The highest BCUT2D eigenvalue weighted by molar-refractivity contribution is 5.95. The second kappa shape index (κ2) is 4.65. The van der Waals surface area contributed by atoms with Crippen molar-refractivity contribution in [2.75, 3.05) is 0 Å². The predicted molar refractivity (Wildman–Crippen MR) is 70.0 cm³/mol. The minimum Gasteiger partial charge on any atom is -0.317 e. The molecule has 19 heavy (non-hydrogen) atoms. The molecule has 0 aromatic heterocycles. The van der Waals surface area contributed by atoms with Crippen LogP contribution in [0.1, 0.15) is 42.6 Å². The Morgan fingerprint density at radius 3 is 2.58 bits per heavy atom. The fourth-order valence-corrected chi connectivity index (χ4v) is 2.18. The summed E-state index contributed by atoms with van der Waals surface area (Å²) in [5.41, 5.74) is 0.0334. The lowest BCUT2D eigenvalue weighted by molar-refractivity contribution is 0.0615. The summed E-state index contributed by atoms with van der Waals surface area (Å²) in [4.78, 5) is 14.2. The molecule has 0 atom stereocenters. The molecule has 1 aromatic carbocycles. The highest BCUT2D eigenvalue weighted by atomic mass is 19.1. The van der Waals surface area contributed by atoms with Crippen LogP contribution in [0.15, 0.2) is 18.2 Å². The molecule has 2 rings (SSSR count). The average Bonchev–Trinajstić information content (AvgIpc) is 3.17. The standard InChI is InChI=1S/C15H17FN2O/c1-10-8-11(4-7-13(10)16)14(19)18(12-5-6-12)15(2,3)9-17/h4,7-8,12H,5-6H2,1-3H3. The first-order chi connectivity index (χ1) is 8.86. The Morgan fingerprint density at radius 1 is 1.47 bits per heavy atom. The minimum atomic E-state index is -0.847. The van der Waals surface area contributed by atoms with E-state index in [1.165, 1.54) is 12.1 Å². The van der Waals surface area contributed by atoms with Gasteiger partial charge >= 0.3 is 0 Å². The Balaban J connectivity index is 2.35. The van der Waals surface area contributed by atoms with E-state index in [1.54, 1.807) is 31.7 Å². The maximum absolute atomic E-state index is 13.3. The predicted octanol–water partition coefficient (Wildman–Crippen LogP) is 3.04. The topological polar surface area (TPSA) is 44.1 Å². The number of rotatable bonds is 3. The van der Waals surface area contributed by atoms with Crippen LogP contribution in [0.2, 0.25) is 0 Å². The summed E-state index contributed by atoms with van der Waals surface area (Å²) < 4.78 is 13.3. The molecule has 0 aliphatic heterocycles. The van der Waals surface area contributed by atoms with Crippen LogP contribution in [-0.2, 0) is 0 Å². The second-order valence-electron chi connectivity index (χ2n) is 5.54. The monoisotopic (exact) mass is 260 g/mol. The van der Waals surface area contributed by atoms with Crippen LogP contribution < -0.4 is 0 Å². The first kappa shape index (κ1) is 13.5. The van der Waals surface area contributed by atoms with Gasteiger partial charge in [0.15, 0.2) is 0 Å². The van der Waals surface area contributed by atoms with Crippen molar-refractivity contribution in [1.82, 2.24) is 4.90 Å². The number of hydrogen-bond acceptors (Lipinski definition) is 2. The molecule has 4 heteroatoms. The molecule has 0 heterocycles. The summed E-state index contributed by atoms with van der Waals surface area (Å²) in [5.74, 6) is -0.522. The van der Waals surface area contributed by atoms with E-state index in [-0.39, 0.29) is 17.8 Å². The molecule has 1 aromatic rings. The Hall–Kier alpha value is -1.89. The lowest BCUT2D eigenvalue weighted by Gasteiger charge is -2.33. The van der Waals surface area contributed by atoms with Crippen molar-refractivity contribution in [3.8, 4) is 6.07 Å². The molecular weight excluding hydrogens is 243 g/mol. The van der Waals surface area contributed by atoms with Crippen molar-refractivity contribution in [3.63, 3.8) is 0 Å². The Bertz CT molecular complexity index is 556. The fourth-order valence-electron chi connectivity index (χ4n) is 2.18. The molecule has 0 radical (unpaired) electrons. The van der Waals surface area contributed by atoms with Crippen LogP contribution in [0, 0.1) is 24.1 Å². The van der Waals surface area contributed by atoms with Gasteiger partial charge < -0.3 is 4.90 Å². The molecule has 0 unspecified atom stereocenters. The van der Waals surface area contributed by atoms with E-state index in [0.29, 0.717) is 11.1 Å². The van der Waals surface area contributed by atoms with E-state index in [1.807, 2.05) is 0 Å². The molecular formula is C15H17FN2O. The van der Waals surface area contributed by atoms with Gasteiger partial charge in [-0.3, -0.25) is 4.79 Å². The lowest BCUT2D eigenvalue weighted by Crippen LogP contribution is -2.48. The molecule has 1 saturated carbocycles. The number of nitriles is 1. The molecule has 0 spiro atoms. The van der Waals surface area contributed by atoms with E-state index in [4.69, 9.17) is 0 Å². The summed E-state index contributed by atoms with van der Waals surface area (Å²) >= 11 is 0. The number of aryl methyl sites for hydroxylation is 1. The van der Waals surface area contributed by atoms with Crippen LogP contribution >= 0.6 is 0 Å². The number of amides is 1. The van der Waals surface area contributed by atoms with E-state index >= 15 is 0 Å². The Kier molecular flexibility index (Phi) is 3.32. The van der Waals surface area contributed by atoms with E-state index in [9.17, 15) is 14.4 Å². The zero-order valence-electron chi connectivity index (χ0n) is 11.4. The van der Waals surface area contributed by atoms with Crippen LogP contribution in [0.25, 0.3) is 0 Å². The summed E-state index contributed by atoms with van der Waals surface area (Å²) in [6.45, 7) is 5.10. The lowest BCUT2D eigenvalue weighted by atomic mass is 10.0. The number of benzene rings is 1. The number of halogens is 1. The molecule has 1 amide bonds. The third-order valence-electron chi connectivity index (χ3n) is 3.41. The molecule has 1 aliphatic carbocycles. The minimum absolute atomic E-state index is 0.132. The van der Waals surface area contributed by atoms with Gasteiger partial charge in [0.2, 0.25) is 0 Å². The van der Waals surface area contributed by atoms with E-state index in [0.717, 1.165) is 12.8 Å². The van der Waals surface area contributed by atoms with Gasteiger partial charge in [-0.25, -0.2) is 4.39 Å². The highest BCUT2D eigenvalue weighted by Gasteiger charge is 2.42. The Morgan fingerprint density at radius 2 is 2.11 bits per heavy atom. The van der Waals surface area contributed by atoms with Crippen LogP contribution in [0.4, 0.5) is 4.39 Å². The van der Waals surface area contributed by atoms with Crippen molar-refractivity contribution in [3.05, 3.63) is 35.1 Å². The smallest absolute Gasteiger partial charge is 0.255 e. The maximum Gasteiger partial charge on any atom is 0.255 e. The van der Waals surface area contributed by atoms with Crippen LogP contribution in [0.5, 0.6) is 0 Å². The molecule has 3 nitrogen and oxygen atoms in total. The van der Waals surface area contributed by atoms with Crippen molar-refractivity contribution < 1.29 is 9.18 Å². The molecule has 1 fully saturated rings. The molecule has 100 valence electrons. The quantitative estimate of drug-likeness (QED) is 0.838. The second-order valence-corrected chi connectivity index (χ2v) is 5.54. The summed E-state index contributed by atoms with van der Waals surface area (Å²) in [5, 5.41) is 9.23. The van der Waals surface area contributed by atoms with Crippen molar-refractivity contribution >= 4 is 5.91 Å². The van der Waals surface area contributed by atoms with Gasteiger partial charge in [-0.15, -0.1) is 0 Å². The van der Waals surface area contributed by atoms with Crippen molar-refractivity contribution in [2.45, 2.75) is 45.2 Å². The molecule has 1 aliphatic rings. The van der Waals surface area contributed by atoms with Crippen molar-refractivity contribution in [1.29, 1.82) is 5.26 Å². The number of hydrogen-bond donors (Lipinski definition) is 0. The van der Waals surface area contributed by atoms with Gasteiger partial charge in [0.1, 0.15) is 11.4 Å². The fraction of sp³-hybridized carbons (Fsp3) is 0.467. The summed E-state index contributed by atoms with van der Waals surface area (Å²) in [6, 6.07) is 6.62. The third kappa shape index (κ3) is 2.60. The third-order valence-corrected chi connectivity index (χ3v) is 3.41. The first-order valence-corrected chi connectivity index (χ1v) is 6.38. The molecule has 0 N–H and O–H groups in total. The summed E-state index contributed by atoms with van der Waals surface area (Å²) in [6.07, 6.45) is 1.86. The normalized spacial score (nSPS) is 14.9. The number of carbonyl (C=O) groups is 1. The van der Waals surface area contributed by atoms with Gasteiger partial charge in [-0.05, 0) is 57.4 Å². The summed E-state index contributed by atoms with van der Waals surface area (Å²) in [7, 11) is 0. The van der Waals surface area contributed by atoms with Crippen molar-refractivity contribution in [2.24, 2.45) is 0 Å². The zero-order valence-corrected chi connectivity index (χ0v) is 11.4. The average molecular weight is 260 g/mol. The Labute approximate surface area is 112 Å². The maximum atomic E-state index is 13.3.